The molecule has 0 saturated carbocycles. The monoisotopic (exact) mass is 358 g/mol. The number of hydrogen-bond donors (Lipinski definition) is 2. The van der Waals surface area contributed by atoms with E-state index >= 15 is 0 Å². The Balaban J connectivity index is 2.82. The second-order valence-corrected chi connectivity index (χ2v) is 7.96. The van der Waals surface area contributed by atoms with Crippen molar-refractivity contribution in [3.63, 3.8) is 0 Å². The van der Waals surface area contributed by atoms with Crippen LogP contribution in [0, 0.1) is 0 Å². The van der Waals surface area contributed by atoms with Crippen molar-refractivity contribution >= 4 is 21.6 Å². The zero-order valence-corrected chi connectivity index (χ0v) is 13.3. The number of anilines is 1. The van der Waals surface area contributed by atoms with E-state index in [1.54, 1.807) is 0 Å². The molecule has 132 valence electrons. The van der Waals surface area contributed by atoms with Gasteiger partial charge in [0.25, 0.3) is 0 Å². The van der Waals surface area contributed by atoms with Gasteiger partial charge in [-0.15, -0.1) is 0 Å². The van der Waals surface area contributed by atoms with Crippen molar-refractivity contribution in [2.45, 2.75) is 37.6 Å². The number of aliphatic hydroxyl groups is 1. The van der Waals surface area contributed by atoms with Crippen molar-refractivity contribution in [2.75, 3.05) is 17.7 Å². The zero-order chi connectivity index (χ0) is 17.9. The third-order valence-corrected chi connectivity index (χ3v) is 5.62. The molecule has 0 fully saturated rings. The highest BCUT2D eigenvalue weighted by atomic mass is 32.2. The first kappa shape index (κ1) is 19.4. The summed E-state index contributed by atoms with van der Waals surface area (Å²) in [4.78, 5) is 12.1. The van der Waals surface area contributed by atoms with E-state index in [-0.39, 0.29) is 18.9 Å². The van der Waals surface area contributed by atoms with E-state index in [2.05, 4.69) is 10.5 Å². The number of sulfone groups is 1. The number of carbonyl (C=O) groups excluding carboxylic acids is 1. The van der Waals surface area contributed by atoms with Crippen LogP contribution in [0.5, 0.6) is 0 Å². The number of aromatic nitrogens is 1. The summed E-state index contributed by atoms with van der Waals surface area (Å²) in [5.74, 6) is -2.38. The van der Waals surface area contributed by atoms with Gasteiger partial charge in [-0.05, 0) is 13.8 Å². The lowest BCUT2D eigenvalue weighted by Crippen LogP contribution is -2.46. The van der Waals surface area contributed by atoms with Gasteiger partial charge in [-0.25, -0.2) is 8.42 Å². The first-order valence-corrected chi connectivity index (χ1v) is 8.21. The summed E-state index contributed by atoms with van der Waals surface area (Å²) in [5.41, 5.74) is 0.334. The molecule has 0 atom stereocenters. The second kappa shape index (κ2) is 6.87. The van der Waals surface area contributed by atoms with Crippen molar-refractivity contribution in [1.29, 1.82) is 0 Å². The molecule has 0 radical (unpaired) electrons. The van der Waals surface area contributed by atoms with Gasteiger partial charge in [0.15, 0.2) is 9.84 Å². The number of alkyl halides is 3. The summed E-state index contributed by atoms with van der Waals surface area (Å²) in [5, 5.41) is 14.4. The van der Waals surface area contributed by atoms with E-state index in [1.165, 1.54) is 6.07 Å². The molecule has 0 spiro atoms. The van der Waals surface area contributed by atoms with Crippen molar-refractivity contribution in [3.8, 4) is 0 Å². The van der Waals surface area contributed by atoms with Crippen LogP contribution in [0.25, 0.3) is 0 Å². The maximum atomic E-state index is 12.2. The smallest absolute Gasteiger partial charge is 0.390 e. The van der Waals surface area contributed by atoms with Crippen LogP contribution in [0.3, 0.4) is 0 Å². The molecule has 0 aliphatic carbocycles. The van der Waals surface area contributed by atoms with Gasteiger partial charge in [0.05, 0.1) is 17.9 Å². The summed E-state index contributed by atoms with van der Waals surface area (Å²) in [6, 6.07) is 1.28. The van der Waals surface area contributed by atoms with Crippen molar-refractivity contribution in [3.05, 3.63) is 11.8 Å². The Kier molecular flexibility index (Phi) is 5.80. The normalized spacial score (nSPS) is 13.1. The van der Waals surface area contributed by atoms with Crippen LogP contribution in [0.4, 0.5) is 19.1 Å². The van der Waals surface area contributed by atoms with Gasteiger partial charge in [-0.3, -0.25) is 10.1 Å². The molecule has 0 unspecified atom stereocenters. The molecule has 2 N–H and O–H groups in total. The highest BCUT2D eigenvalue weighted by molar-refractivity contribution is 7.93. The summed E-state index contributed by atoms with van der Waals surface area (Å²) < 4.78 is 63.2. The molecule has 1 heterocycles. The first-order valence-electron chi connectivity index (χ1n) is 6.56. The Morgan fingerprint density at radius 1 is 1.39 bits per heavy atom. The van der Waals surface area contributed by atoms with Gasteiger partial charge in [0.2, 0.25) is 11.8 Å². The molecule has 23 heavy (non-hydrogen) atoms. The number of nitrogens with one attached hydrogen (secondary N) is 1. The largest absolute Gasteiger partial charge is 0.396 e. The summed E-state index contributed by atoms with van der Waals surface area (Å²) in [7, 11) is -4.35. The van der Waals surface area contributed by atoms with E-state index in [4.69, 9.17) is 9.63 Å². The van der Waals surface area contributed by atoms with Crippen molar-refractivity contribution in [2.24, 2.45) is 0 Å². The highest BCUT2D eigenvalue weighted by Gasteiger charge is 2.44. The van der Waals surface area contributed by atoms with E-state index in [9.17, 15) is 26.4 Å². The molecule has 7 nitrogen and oxygen atoms in total. The van der Waals surface area contributed by atoms with E-state index in [1.807, 2.05) is 0 Å². The van der Waals surface area contributed by atoms with Crippen molar-refractivity contribution in [1.82, 2.24) is 5.16 Å². The third-order valence-electron chi connectivity index (χ3n) is 3.14. The van der Waals surface area contributed by atoms with Gasteiger partial charge >= 0.3 is 6.18 Å². The van der Waals surface area contributed by atoms with Gasteiger partial charge in [-0.1, -0.05) is 5.16 Å². The summed E-state index contributed by atoms with van der Waals surface area (Å²) in [6.45, 7) is 1.83. The fraction of sp³-hybridized carbons (Fsp3) is 0.667. The van der Waals surface area contributed by atoms with Gasteiger partial charge in [0.1, 0.15) is 4.75 Å². The number of carbonyl (C=O) groups is 1. The Bertz CT molecular complexity index is 652. The quantitative estimate of drug-likeness (QED) is 0.760. The molecular weight excluding hydrogens is 341 g/mol. The highest BCUT2D eigenvalue weighted by Crippen LogP contribution is 2.26. The molecule has 0 bridgehead atoms. The Morgan fingerprint density at radius 3 is 2.52 bits per heavy atom. The predicted molar refractivity (Wildman–Crippen MR) is 74.5 cm³/mol. The third kappa shape index (κ3) is 5.20. The molecule has 0 aliphatic rings. The maximum Gasteiger partial charge on any atom is 0.390 e. The number of halogens is 3. The second-order valence-electron chi connectivity index (χ2n) is 5.30. The van der Waals surface area contributed by atoms with Gasteiger partial charge in [-0.2, -0.15) is 13.2 Å². The molecular formula is C12H17F3N2O5S. The Morgan fingerprint density at radius 2 is 2.00 bits per heavy atom. The van der Waals surface area contributed by atoms with Crippen LogP contribution < -0.4 is 5.32 Å². The van der Waals surface area contributed by atoms with Gasteiger partial charge < -0.3 is 9.63 Å². The zero-order valence-electron chi connectivity index (χ0n) is 12.5. The molecule has 1 aromatic rings. The fourth-order valence-electron chi connectivity index (χ4n) is 1.51. The van der Waals surface area contributed by atoms with Crippen LogP contribution in [0.1, 0.15) is 26.0 Å². The van der Waals surface area contributed by atoms with E-state index < -0.39 is 38.8 Å². The SMILES string of the molecule is CC(C)(C(=O)Nc1cc(CCO)no1)S(=O)(=O)CCC(F)(F)F. The number of rotatable bonds is 7. The summed E-state index contributed by atoms with van der Waals surface area (Å²) >= 11 is 0. The average Bonchev–Trinajstić information content (AvgIpc) is 2.83. The number of aliphatic hydroxyl groups excluding tert-OH is 1. The number of hydrogen-bond acceptors (Lipinski definition) is 6. The number of amides is 1. The minimum Gasteiger partial charge on any atom is -0.396 e. The molecule has 1 aromatic heterocycles. The average molecular weight is 358 g/mol. The Hall–Kier alpha value is -1.62. The van der Waals surface area contributed by atoms with Gasteiger partial charge in [0, 0.05) is 19.1 Å². The fourth-order valence-corrected chi connectivity index (χ4v) is 2.86. The van der Waals surface area contributed by atoms with Crippen molar-refractivity contribution < 1.29 is 36.0 Å². The maximum absolute atomic E-state index is 12.2. The lowest BCUT2D eigenvalue weighted by Gasteiger charge is -2.23. The van der Waals surface area contributed by atoms with E-state index in [0.717, 1.165) is 13.8 Å². The predicted octanol–water partition coefficient (Wildman–Crippen LogP) is 1.29. The minimum atomic E-state index is -4.64. The molecule has 1 rings (SSSR count). The topological polar surface area (TPSA) is 110 Å². The van der Waals surface area contributed by atoms with Crippen LogP contribution in [-0.4, -0.2) is 47.9 Å². The lowest BCUT2D eigenvalue weighted by molar-refractivity contribution is -0.130. The molecule has 0 saturated heterocycles. The molecule has 11 heteroatoms. The molecule has 1 amide bonds. The molecule has 0 aliphatic heterocycles. The standard InChI is InChI=1S/C12H17F3N2O5S/c1-11(2,23(20,21)6-4-12(13,14)15)10(19)16-9-7-8(3-5-18)17-22-9/h7,18H,3-6H2,1-2H3,(H,16,19). The summed E-state index contributed by atoms with van der Waals surface area (Å²) in [6.07, 6.45) is -5.99. The van der Waals surface area contributed by atoms with Crippen LogP contribution >= 0.6 is 0 Å². The minimum absolute atomic E-state index is 0.155. The number of nitrogens with zero attached hydrogens (tertiary/aromatic N) is 1. The van der Waals surface area contributed by atoms with E-state index in [0.29, 0.717) is 5.69 Å². The van der Waals surface area contributed by atoms with Crippen LogP contribution in [0.2, 0.25) is 0 Å². The first-order chi connectivity index (χ1) is 10.4. The van der Waals surface area contributed by atoms with Crippen LogP contribution in [-0.2, 0) is 21.1 Å². The lowest BCUT2D eigenvalue weighted by atomic mass is 10.2. The molecule has 0 aromatic carbocycles. The Labute approximate surface area is 130 Å². The van der Waals surface area contributed by atoms with Crippen LogP contribution in [0.15, 0.2) is 10.6 Å².